The Balaban J connectivity index is 1.72. The summed E-state index contributed by atoms with van der Waals surface area (Å²) in [5.41, 5.74) is 1.45. The smallest absolute Gasteiger partial charge is 0.353 e. The number of amides is 2. The van der Waals surface area contributed by atoms with Crippen LogP contribution in [0.1, 0.15) is 28.7 Å². The number of nitrogens with zero attached hydrogens (tertiary/aromatic N) is 2. The fourth-order valence-electron chi connectivity index (χ4n) is 3.70. The number of hydrogen-bond donors (Lipinski definition) is 1. The summed E-state index contributed by atoms with van der Waals surface area (Å²) in [5, 5.41) is 2.72. The minimum absolute atomic E-state index is 0.0529. The molecule has 0 spiro atoms. The van der Waals surface area contributed by atoms with Crippen LogP contribution in [0.3, 0.4) is 0 Å². The van der Waals surface area contributed by atoms with Gasteiger partial charge in [-0.3, -0.25) is 14.5 Å². The van der Waals surface area contributed by atoms with E-state index in [0.29, 0.717) is 19.6 Å². The predicted octanol–water partition coefficient (Wildman–Crippen LogP) is 3.36. The molecule has 1 atom stereocenters. The van der Waals surface area contributed by atoms with Gasteiger partial charge < -0.3 is 10.2 Å². The van der Waals surface area contributed by atoms with Crippen molar-refractivity contribution in [2.24, 2.45) is 0 Å². The number of carbonyl (C=O) groups is 2. The van der Waals surface area contributed by atoms with Crippen molar-refractivity contribution >= 4 is 11.8 Å². The van der Waals surface area contributed by atoms with Crippen LogP contribution in [0, 0.1) is 6.92 Å². The highest BCUT2D eigenvalue weighted by molar-refractivity contribution is 5.88. The fourth-order valence-corrected chi connectivity index (χ4v) is 3.70. The standard InChI is InChI=1S/C23H26F3N3O2/c1-16-7-9-17(10-8-16)14-28(2)21(30)13-20-22(31)27-11-12-29(20)15-18-5-3-4-6-19(18)23(24,25)26/h3-10,20H,11-15H2,1-2H3,(H,27,31). The van der Waals surface area contributed by atoms with Crippen molar-refractivity contribution in [3.63, 3.8) is 0 Å². The van der Waals surface area contributed by atoms with Crippen LogP contribution in [0.2, 0.25) is 0 Å². The van der Waals surface area contributed by atoms with Crippen LogP contribution in [0.15, 0.2) is 48.5 Å². The largest absolute Gasteiger partial charge is 0.416 e. The lowest BCUT2D eigenvalue weighted by Gasteiger charge is -2.36. The molecule has 8 heteroatoms. The number of aryl methyl sites for hydroxylation is 1. The molecule has 1 N–H and O–H groups in total. The lowest BCUT2D eigenvalue weighted by atomic mass is 10.0. The van der Waals surface area contributed by atoms with Gasteiger partial charge in [0.05, 0.1) is 18.0 Å². The molecule has 2 aromatic carbocycles. The Hall–Kier alpha value is -2.87. The van der Waals surface area contributed by atoms with E-state index in [2.05, 4.69) is 5.32 Å². The Bertz CT molecular complexity index is 928. The summed E-state index contributed by atoms with van der Waals surface area (Å²) in [7, 11) is 1.66. The van der Waals surface area contributed by atoms with Gasteiger partial charge in [-0.05, 0) is 24.1 Å². The van der Waals surface area contributed by atoms with Crippen LogP contribution in [-0.2, 0) is 28.9 Å². The molecule has 31 heavy (non-hydrogen) atoms. The molecule has 166 valence electrons. The van der Waals surface area contributed by atoms with Crippen LogP contribution >= 0.6 is 0 Å². The molecule has 0 bridgehead atoms. The van der Waals surface area contributed by atoms with Gasteiger partial charge in [-0.2, -0.15) is 13.2 Å². The van der Waals surface area contributed by atoms with Crippen molar-refractivity contribution in [1.82, 2.24) is 15.1 Å². The third-order valence-electron chi connectivity index (χ3n) is 5.47. The number of nitrogens with one attached hydrogen (secondary N) is 1. The van der Waals surface area contributed by atoms with Gasteiger partial charge in [0.1, 0.15) is 0 Å². The molecule has 0 aromatic heterocycles. The zero-order chi connectivity index (χ0) is 22.6. The van der Waals surface area contributed by atoms with E-state index in [1.54, 1.807) is 18.0 Å². The lowest BCUT2D eigenvalue weighted by Crippen LogP contribution is -2.56. The normalized spacial score (nSPS) is 17.3. The average molecular weight is 433 g/mol. The predicted molar refractivity (Wildman–Crippen MR) is 111 cm³/mol. The van der Waals surface area contributed by atoms with Crippen molar-refractivity contribution < 1.29 is 22.8 Å². The molecular weight excluding hydrogens is 407 g/mol. The molecular formula is C23H26F3N3O2. The molecule has 1 aliphatic heterocycles. The second-order valence-corrected chi connectivity index (χ2v) is 7.87. The molecule has 1 aliphatic rings. The number of alkyl halides is 3. The highest BCUT2D eigenvalue weighted by Gasteiger charge is 2.36. The van der Waals surface area contributed by atoms with Crippen LogP contribution in [0.5, 0.6) is 0 Å². The number of benzene rings is 2. The van der Waals surface area contributed by atoms with Crippen LogP contribution in [-0.4, -0.2) is 47.8 Å². The SMILES string of the molecule is Cc1ccc(CN(C)C(=O)CC2C(=O)NCCN2Cc2ccccc2C(F)(F)F)cc1. The molecule has 2 amide bonds. The number of rotatable bonds is 6. The fraction of sp³-hybridized carbons (Fsp3) is 0.391. The highest BCUT2D eigenvalue weighted by atomic mass is 19.4. The first-order valence-corrected chi connectivity index (χ1v) is 10.1. The Morgan fingerprint density at radius 2 is 1.84 bits per heavy atom. The first-order chi connectivity index (χ1) is 14.6. The highest BCUT2D eigenvalue weighted by Crippen LogP contribution is 2.32. The van der Waals surface area contributed by atoms with E-state index in [1.807, 2.05) is 31.2 Å². The number of halogens is 3. The Kier molecular flexibility index (Phi) is 7.00. The molecule has 0 aliphatic carbocycles. The van der Waals surface area contributed by atoms with Gasteiger partial charge in [-0.1, -0.05) is 48.0 Å². The topological polar surface area (TPSA) is 52.7 Å². The number of carbonyl (C=O) groups excluding carboxylic acids is 2. The molecule has 3 rings (SSSR count). The summed E-state index contributed by atoms with van der Waals surface area (Å²) in [6.07, 6.45) is -4.57. The van der Waals surface area contributed by atoms with Crippen molar-refractivity contribution in [2.45, 2.75) is 38.7 Å². The molecule has 1 fully saturated rings. The van der Waals surface area contributed by atoms with E-state index >= 15 is 0 Å². The summed E-state index contributed by atoms with van der Waals surface area (Å²) in [6.45, 7) is 3.02. The molecule has 2 aromatic rings. The number of piperazine rings is 1. The average Bonchev–Trinajstić information content (AvgIpc) is 2.71. The Labute approximate surface area is 179 Å². The molecule has 0 saturated carbocycles. The minimum atomic E-state index is -4.48. The molecule has 0 radical (unpaired) electrons. The van der Waals surface area contributed by atoms with E-state index in [-0.39, 0.29) is 30.3 Å². The third kappa shape index (κ3) is 5.85. The third-order valence-corrected chi connectivity index (χ3v) is 5.47. The molecule has 1 heterocycles. The van der Waals surface area contributed by atoms with Crippen LogP contribution in [0.25, 0.3) is 0 Å². The van der Waals surface area contributed by atoms with E-state index < -0.39 is 17.8 Å². The first kappa shape index (κ1) is 22.8. The van der Waals surface area contributed by atoms with E-state index in [1.165, 1.54) is 17.0 Å². The quantitative estimate of drug-likeness (QED) is 0.760. The zero-order valence-corrected chi connectivity index (χ0v) is 17.6. The van der Waals surface area contributed by atoms with Gasteiger partial charge in [0, 0.05) is 33.2 Å². The lowest BCUT2D eigenvalue weighted by molar-refractivity contribution is -0.140. The number of hydrogen-bond acceptors (Lipinski definition) is 3. The minimum Gasteiger partial charge on any atom is -0.353 e. The maximum absolute atomic E-state index is 13.4. The van der Waals surface area contributed by atoms with Crippen molar-refractivity contribution in [2.75, 3.05) is 20.1 Å². The zero-order valence-electron chi connectivity index (χ0n) is 17.6. The second kappa shape index (κ2) is 9.51. The maximum atomic E-state index is 13.4. The van der Waals surface area contributed by atoms with Crippen molar-refractivity contribution in [1.29, 1.82) is 0 Å². The van der Waals surface area contributed by atoms with Crippen LogP contribution < -0.4 is 5.32 Å². The summed E-state index contributed by atoms with van der Waals surface area (Å²) >= 11 is 0. The van der Waals surface area contributed by atoms with Gasteiger partial charge in [0.15, 0.2) is 0 Å². The first-order valence-electron chi connectivity index (χ1n) is 10.1. The second-order valence-electron chi connectivity index (χ2n) is 7.87. The molecule has 1 unspecified atom stereocenters. The van der Waals surface area contributed by atoms with Crippen LogP contribution in [0.4, 0.5) is 13.2 Å². The van der Waals surface area contributed by atoms with E-state index in [4.69, 9.17) is 0 Å². The monoisotopic (exact) mass is 433 g/mol. The van der Waals surface area contributed by atoms with Gasteiger partial charge >= 0.3 is 6.18 Å². The van der Waals surface area contributed by atoms with Crippen molar-refractivity contribution in [3.8, 4) is 0 Å². The summed E-state index contributed by atoms with van der Waals surface area (Å²) in [6, 6.07) is 12.3. The van der Waals surface area contributed by atoms with E-state index in [9.17, 15) is 22.8 Å². The summed E-state index contributed by atoms with van der Waals surface area (Å²) < 4.78 is 40.1. The summed E-state index contributed by atoms with van der Waals surface area (Å²) in [4.78, 5) is 28.5. The van der Waals surface area contributed by atoms with Gasteiger partial charge in [0.25, 0.3) is 0 Å². The Morgan fingerprint density at radius 3 is 2.52 bits per heavy atom. The summed E-state index contributed by atoms with van der Waals surface area (Å²) in [5.74, 6) is -0.579. The Morgan fingerprint density at radius 1 is 1.16 bits per heavy atom. The van der Waals surface area contributed by atoms with Crippen molar-refractivity contribution in [3.05, 3.63) is 70.8 Å². The maximum Gasteiger partial charge on any atom is 0.416 e. The van der Waals surface area contributed by atoms with Gasteiger partial charge in [0.2, 0.25) is 11.8 Å². The molecule has 1 saturated heterocycles. The van der Waals surface area contributed by atoms with E-state index in [0.717, 1.165) is 17.2 Å². The van der Waals surface area contributed by atoms with Gasteiger partial charge in [-0.25, -0.2) is 0 Å². The molecule has 5 nitrogen and oxygen atoms in total. The van der Waals surface area contributed by atoms with Gasteiger partial charge in [-0.15, -0.1) is 0 Å².